The van der Waals surface area contributed by atoms with Crippen LogP contribution in [0.1, 0.15) is 31.9 Å². The van der Waals surface area contributed by atoms with E-state index >= 15 is 0 Å². The van der Waals surface area contributed by atoms with E-state index in [1.165, 1.54) is 0 Å². The van der Waals surface area contributed by atoms with Gasteiger partial charge in [-0.3, -0.25) is 9.59 Å². The van der Waals surface area contributed by atoms with Crippen molar-refractivity contribution >= 4 is 17.5 Å². The van der Waals surface area contributed by atoms with Crippen LogP contribution >= 0.6 is 0 Å². The molecule has 0 bridgehead atoms. The molecule has 2 rings (SSSR count). The zero-order valence-electron chi connectivity index (χ0n) is 16.6. The summed E-state index contributed by atoms with van der Waals surface area (Å²) in [6, 6.07) is 14.6. The molecule has 3 N–H and O–H groups in total. The number of rotatable bonds is 9. The van der Waals surface area contributed by atoms with Gasteiger partial charge in [0.2, 0.25) is 11.8 Å². The maximum atomic E-state index is 12.2. The number of hydrogen-bond acceptors (Lipinski definition) is 4. The van der Waals surface area contributed by atoms with Gasteiger partial charge in [-0.25, -0.2) is 0 Å². The first-order valence-electron chi connectivity index (χ1n) is 9.33. The highest BCUT2D eigenvalue weighted by Crippen LogP contribution is 2.14. The summed E-state index contributed by atoms with van der Waals surface area (Å²) in [4.78, 5) is 24.2. The van der Waals surface area contributed by atoms with Crippen LogP contribution in [-0.4, -0.2) is 35.7 Å². The lowest BCUT2D eigenvalue weighted by atomic mass is 10.1. The lowest BCUT2D eigenvalue weighted by molar-refractivity contribution is -0.122. The molecule has 28 heavy (non-hydrogen) atoms. The molecule has 0 fully saturated rings. The molecule has 0 saturated heterocycles. The Morgan fingerprint density at radius 1 is 0.929 bits per heavy atom. The highest BCUT2D eigenvalue weighted by molar-refractivity contribution is 5.92. The molecule has 6 nitrogen and oxygen atoms in total. The first-order chi connectivity index (χ1) is 13.3. The van der Waals surface area contributed by atoms with E-state index < -0.39 is 5.54 Å². The minimum absolute atomic E-state index is 0.112. The van der Waals surface area contributed by atoms with E-state index in [1.807, 2.05) is 31.2 Å². The molecule has 0 aliphatic heterocycles. The Bertz CT molecular complexity index is 783. The summed E-state index contributed by atoms with van der Waals surface area (Å²) in [5.74, 6) is 0.513. The first kappa shape index (κ1) is 21.4. The van der Waals surface area contributed by atoms with Gasteiger partial charge in [-0.2, -0.15) is 0 Å². The number of nitrogens with one attached hydrogen (secondary N) is 2. The van der Waals surface area contributed by atoms with Crippen molar-refractivity contribution in [2.24, 2.45) is 0 Å². The first-order valence-corrected chi connectivity index (χ1v) is 9.33. The van der Waals surface area contributed by atoms with Crippen molar-refractivity contribution < 1.29 is 19.4 Å². The van der Waals surface area contributed by atoms with Crippen molar-refractivity contribution in [3.8, 4) is 5.75 Å². The molecule has 150 valence electrons. The van der Waals surface area contributed by atoms with Gasteiger partial charge in [0.1, 0.15) is 5.75 Å². The third-order valence-electron chi connectivity index (χ3n) is 4.07. The van der Waals surface area contributed by atoms with Crippen LogP contribution in [0.15, 0.2) is 48.5 Å². The number of hydrogen-bond donors (Lipinski definition) is 3. The van der Waals surface area contributed by atoms with Crippen LogP contribution < -0.4 is 15.4 Å². The van der Waals surface area contributed by atoms with Crippen LogP contribution in [0.4, 0.5) is 5.69 Å². The minimum atomic E-state index is -0.647. The lowest BCUT2D eigenvalue weighted by Gasteiger charge is -2.23. The molecule has 0 aliphatic rings. The Hall–Kier alpha value is -2.86. The Balaban J connectivity index is 1.86. The number of ether oxygens (including phenoxy) is 1. The summed E-state index contributed by atoms with van der Waals surface area (Å²) in [5.41, 5.74) is 1.76. The number of aliphatic hydroxyl groups excluding tert-OH is 1. The van der Waals surface area contributed by atoms with Crippen molar-refractivity contribution in [1.29, 1.82) is 0 Å². The van der Waals surface area contributed by atoms with Crippen molar-refractivity contribution in [2.45, 2.75) is 39.2 Å². The van der Waals surface area contributed by atoms with E-state index in [1.54, 1.807) is 38.1 Å². The van der Waals surface area contributed by atoms with Crippen LogP contribution in [0.5, 0.6) is 5.75 Å². The van der Waals surface area contributed by atoms with Crippen LogP contribution in [-0.2, 0) is 22.4 Å². The molecule has 0 spiro atoms. The fourth-order valence-electron chi connectivity index (χ4n) is 2.61. The summed E-state index contributed by atoms with van der Waals surface area (Å²) >= 11 is 0. The SMILES string of the molecule is CCOc1ccc(CC(=O)Nc2ccc(CC(=O)NC(C)(C)CO)cc2)cc1. The molecule has 2 amide bonds. The number of anilines is 1. The van der Waals surface area contributed by atoms with E-state index in [0.717, 1.165) is 16.9 Å². The average molecular weight is 384 g/mol. The van der Waals surface area contributed by atoms with Gasteiger partial charge in [0.25, 0.3) is 0 Å². The van der Waals surface area contributed by atoms with E-state index in [0.29, 0.717) is 12.3 Å². The van der Waals surface area contributed by atoms with Gasteiger partial charge in [0, 0.05) is 5.69 Å². The summed E-state index contributed by atoms with van der Waals surface area (Å²) in [7, 11) is 0. The molecule has 0 aromatic heterocycles. The molecular weight excluding hydrogens is 356 g/mol. The average Bonchev–Trinajstić information content (AvgIpc) is 2.65. The number of carbonyl (C=O) groups is 2. The predicted molar refractivity (Wildman–Crippen MR) is 109 cm³/mol. The van der Waals surface area contributed by atoms with Gasteiger partial charge in [0.05, 0.1) is 31.6 Å². The lowest BCUT2D eigenvalue weighted by Crippen LogP contribution is -2.46. The zero-order valence-corrected chi connectivity index (χ0v) is 16.6. The van der Waals surface area contributed by atoms with Crippen LogP contribution in [0.25, 0.3) is 0 Å². The van der Waals surface area contributed by atoms with E-state index in [-0.39, 0.29) is 31.3 Å². The molecule has 0 unspecified atom stereocenters. The maximum absolute atomic E-state index is 12.2. The summed E-state index contributed by atoms with van der Waals surface area (Å²) < 4.78 is 5.39. The molecule has 2 aromatic carbocycles. The van der Waals surface area contributed by atoms with E-state index in [9.17, 15) is 14.7 Å². The monoisotopic (exact) mass is 384 g/mol. The predicted octanol–water partition coefficient (Wildman–Crippen LogP) is 2.70. The fraction of sp³-hybridized carbons (Fsp3) is 0.364. The molecule has 0 saturated carbocycles. The van der Waals surface area contributed by atoms with Gasteiger partial charge in [-0.1, -0.05) is 24.3 Å². The number of benzene rings is 2. The smallest absolute Gasteiger partial charge is 0.228 e. The number of amides is 2. The second-order valence-electron chi connectivity index (χ2n) is 7.27. The van der Waals surface area contributed by atoms with Crippen LogP contribution in [0, 0.1) is 0 Å². The summed E-state index contributed by atoms with van der Waals surface area (Å²) in [5, 5.41) is 14.8. The van der Waals surface area contributed by atoms with E-state index in [4.69, 9.17) is 4.74 Å². The largest absolute Gasteiger partial charge is 0.494 e. The molecule has 0 radical (unpaired) electrons. The van der Waals surface area contributed by atoms with Crippen molar-refractivity contribution in [2.75, 3.05) is 18.5 Å². The van der Waals surface area contributed by atoms with Gasteiger partial charge in [-0.15, -0.1) is 0 Å². The highest BCUT2D eigenvalue weighted by Gasteiger charge is 2.19. The Labute approximate surface area is 165 Å². The fourth-order valence-corrected chi connectivity index (χ4v) is 2.61. The number of carbonyl (C=O) groups excluding carboxylic acids is 2. The topological polar surface area (TPSA) is 87.7 Å². The zero-order chi connectivity index (χ0) is 20.6. The second-order valence-corrected chi connectivity index (χ2v) is 7.27. The molecule has 6 heteroatoms. The normalized spacial score (nSPS) is 11.0. The molecule has 0 aliphatic carbocycles. The maximum Gasteiger partial charge on any atom is 0.228 e. The minimum Gasteiger partial charge on any atom is -0.494 e. The van der Waals surface area contributed by atoms with Gasteiger partial charge in [0.15, 0.2) is 0 Å². The quantitative estimate of drug-likeness (QED) is 0.620. The third kappa shape index (κ3) is 7.04. The Morgan fingerprint density at radius 2 is 1.46 bits per heavy atom. The van der Waals surface area contributed by atoms with Crippen LogP contribution in [0.2, 0.25) is 0 Å². The van der Waals surface area contributed by atoms with Crippen molar-refractivity contribution in [3.05, 3.63) is 59.7 Å². The molecule has 0 heterocycles. The number of aliphatic hydroxyl groups is 1. The molecular formula is C22H28N2O4. The van der Waals surface area contributed by atoms with Crippen molar-refractivity contribution in [3.63, 3.8) is 0 Å². The Kier molecular flexibility index (Phi) is 7.58. The Morgan fingerprint density at radius 3 is 2.00 bits per heavy atom. The van der Waals surface area contributed by atoms with Gasteiger partial charge >= 0.3 is 0 Å². The van der Waals surface area contributed by atoms with Crippen LogP contribution in [0.3, 0.4) is 0 Å². The summed E-state index contributed by atoms with van der Waals surface area (Å²) in [6.45, 7) is 5.92. The van der Waals surface area contributed by atoms with E-state index in [2.05, 4.69) is 10.6 Å². The van der Waals surface area contributed by atoms with Gasteiger partial charge in [-0.05, 0) is 56.2 Å². The standard InChI is InChI=1S/C22H28N2O4/c1-4-28-19-11-7-17(8-12-19)13-20(26)23-18-9-5-16(6-10-18)14-21(27)24-22(2,3)15-25/h5-12,25H,4,13-15H2,1-3H3,(H,23,26)(H,24,27). The summed E-state index contributed by atoms with van der Waals surface area (Å²) in [6.07, 6.45) is 0.483. The highest BCUT2D eigenvalue weighted by atomic mass is 16.5. The third-order valence-corrected chi connectivity index (χ3v) is 4.07. The molecule has 0 atom stereocenters. The van der Waals surface area contributed by atoms with Gasteiger partial charge < -0.3 is 20.5 Å². The second kappa shape index (κ2) is 9.90. The van der Waals surface area contributed by atoms with Crippen molar-refractivity contribution in [1.82, 2.24) is 5.32 Å². The molecule has 2 aromatic rings.